The Bertz CT molecular complexity index is 3000. The second-order valence-corrected chi connectivity index (χ2v) is 13.8. The number of allylic oxidation sites excluding steroid dienone is 1. The molecular formula is C45H30N4OS. The number of nitrogens with zero attached hydrogens (tertiary/aromatic N) is 4. The van der Waals surface area contributed by atoms with Crippen molar-refractivity contribution in [3.63, 3.8) is 0 Å². The normalized spacial score (nSPS) is 12.0. The Kier molecular flexibility index (Phi) is 6.73. The number of fused-ring (bicyclic) bond motifs is 7. The summed E-state index contributed by atoms with van der Waals surface area (Å²) in [5, 5.41) is 5.77. The van der Waals surface area contributed by atoms with Crippen LogP contribution in [0.25, 0.3) is 98.9 Å². The Labute approximate surface area is 297 Å². The summed E-state index contributed by atoms with van der Waals surface area (Å²) in [4.78, 5) is 15.4. The van der Waals surface area contributed by atoms with Gasteiger partial charge in [0, 0.05) is 58.8 Å². The van der Waals surface area contributed by atoms with E-state index in [1.165, 1.54) is 37.6 Å². The van der Waals surface area contributed by atoms with E-state index >= 15 is 0 Å². The number of benzene rings is 6. The minimum Gasteiger partial charge on any atom is -0.455 e. The first-order chi connectivity index (χ1) is 25.2. The van der Waals surface area contributed by atoms with Crippen molar-refractivity contribution in [2.75, 3.05) is 0 Å². The minimum absolute atomic E-state index is 0.579. The van der Waals surface area contributed by atoms with Gasteiger partial charge in [-0.1, -0.05) is 103 Å². The maximum Gasteiger partial charge on any atom is 0.167 e. The standard InChI is InChI=1S/C45H30N4OS/c1-3-13-37-27(2)30-16-7-9-22-38(30)49(37)29-24-25-32-34-19-12-21-36(42(34)51-40(32)26-29)45-47-43(28-14-5-4-6-15-28)46-44(48-45)35-20-11-18-33-31-17-8-10-23-39(31)50-41(33)35/h3-26H,1-2H3/b13-3-. The van der Waals surface area contributed by atoms with Gasteiger partial charge in [0.05, 0.1) is 11.1 Å². The molecule has 242 valence electrons. The Balaban J connectivity index is 1.19. The van der Waals surface area contributed by atoms with Gasteiger partial charge >= 0.3 is 0 Å². The lowest BCUT2D eigenvalue weighted by atomic mass is 10.1. The van der Waals surface area contributed by atoms with E-state index < -0.39 is 0 Å². The smallest absolute Gasteiger partial charge is 0.167 e. The van der Waals surface area contributed by atoms with Crippen LogP contribution in [-0.4, -0.2) is 19.5 Å². The van der Waals surface area contributed by atoms with Crippen LogP contribution in [-0.2, 0) is 0 Å². The molecule has 4 aromatic heterocycles. The van der Waals surface area contributed by atoms with E-state index in [1.807, 2.05) is 60.7 Å². The third-order valence-electron chi connectivity index (χ3n) is 9.79. The molecule has 0 amide bonds. The topological polar surface area (TPSA) is 56.7 Å². The van der Waals surface area contributed by atoms with E-state index in [-0.39, 0.29) is 0 Å². The SMILES string of the molecule is C/C=C\c1c(C)c2ccccc2n1-c1ccc2c(c1)sc1c(-c3nc(-c4ccccc4)nc(-c4cccc5c4oc4ccccc45)n3)cccc12. The van der Waals surface area contributed by atoms with Gasteiger partial charge in [0.25, 0.3) is 0 Å². The number of hydrogen-bond donors (Lipinski definition) is 0. The molecule has 0 atom stereocenters. The Morgan fingerprint density at radius 3 is 2.14 bits per heavy atom. The number of aromatic nitrogens is 4. The van der Waals surface area contributed by atoms with Crippen LogP contribution < -0.4 is 0 Å². The summed E-state index contributed by atoms with van der Waals surface area (Å²) in [6, 6.07) is 46.3. The monoisotopic (exact) mass is 674 g/mol. The molecule has 0 N–H and O–H groups in total. The van der Waals surface area contributed by atoms with Crippen LogP contribution in [0.1, 0.15) is 18.2 Å². The number of furan rings is 1. The number of para-hydroxylation sites is 3. The van der Waals surface area contributed by atoms with Crippen molar-refractivity contribution >= 4 is 70.4 Å². The van der Waals surface area contributed by atoms with Crippen LogP contribution in [0.2, 0.25) is 0 Å². The van der Waals surface area contributed by atoms with Crippen molar-refractivity contribution in [3.8, 4) is 39.9 Å². The number of hydrogen-bond acceptors (Lipinski definition) is 5. The molecule has 0 aliphatic carbocycles. The van der Waals surface area contributed by atoms with Crippen molar-refractivity contribution in [3.05, 3.63) is 151 Å². The molecule has 0 unspecified atom stereocenters. The minimum atomic E-state index is 0.579. The maximum absolute atomic E-state index is 6.43. The largest absolute Gasteiger partial charge is 0.455 e. The molecule has 6 aromatic carbocycles. The van der Waals surface area contributed by atoms with Gasteiger partial charge in [-0.3, -0.25) is 0 Å². The van der Waals surface area contributed by atoms with Crippen molar-refractivity contribution in [2.45, 2.75) is 13.8 Å². The van der Waals surface area contributed by atoms with Gasteiger partial charge < -0.3 is 8.98 Å². The first-order valence-electron chi connectivity index (χ1n) is 17.1. The van der Waals surface area contributed by atoms with Gasteiger partial charge in [-0.25, -0.2) is 15.0 Å². The second kappa shape index (κ2) is 11.6. The first kappa shape index (κ1) is 29.5. The lowest BCUT2D eigenvalue weighted by Gasteiger charge is -2.10. The van der Waals surface area contributed by atoms with Gasteiger partial charge in [0.15, 0.2) is 17.5 Å². The molecule has 0 radical (unpaired) electrons. The number of rotatable bonds is 5. The van der Waals surface area contributed by atoms with Crippen molar-refractivity contribution in [1.29, 1.82) is 0 Å². The summed E-state index contributed by atoms with van der Waals surface area (Å²) in [6.07, 6.45) is 4.32. The molecule has 0 spiro atoms. The Morgan fingerprint density at radius 2 is 1.29 bits per heavy atom. The zero-order valence-corrected chi connectivity index (χ0v) is 28.8. The van der Waals surface area contributed by atoms with Crippen LogP contribution in [0.4, 0.5) is 0 Å². The number of thiophene rings is 1. The zero-order chi connectivity index (χ0) is 34.1. The molecule has 5 nitrogen and oxygen atoms in total. The highest BCUT2D eigenvalue weighted by Crippen LogP contribution is 2.42. The predicted octanol–water partition coefficient (Wildman–Crippen LogP) is 12.4. The van der Waals surface area contributed by atoms with Crippen LogP contribution in [0.15, 0.2) is 144 Å². The predicted molar refractivity (Wildman–Crippen MR) is 213 cm³/mol. The lowest BCUT2D eigenvalue weighted by Crippen LogP contribution is -2.00. The van der Waals surface area contributed by atoms with E-state index in [2.05, 4.69) is 103 Å². The summed E-state index contributed by atoms with van der Waals surface area (Å²) in [5.41, 5.74) is 9.18. The molecule has 10 aromatic rings. The van der Waals surface area contributed by atoms with E-state index in [4.69, 9.17) is 19.4 Å². The second-order valence-electron chi connectivity index (χ2n) is 12.8. The average Bonchev–Trinajstić information content (AvgIpc) is 3.84. The van der Waals surface area contributed by atoms with Crippen molar-refractivity contribution in [1.82, 2.24) is 19.5 Å². The van der Waals surface area contributed by atoms with Gasteiger partial charge in [-0.05, 0) is 61.9 Å². The van der Waals surface area contributed by atoms with Gasteiger partial charge in [-0.2, -0.15) is 0 Å². The maximum atomic E-state index is 6.43. The van der Waals surface area contributed by atoms with E-state index in [0.29, 0.717) is 17.5 Å². The fourth-order valence-electron chi connectivity index (χ4n) is 7.42. The highest BCUT2D eigenvalue weighted by molar-refractivity contribution is 7.26. The van der Waals surface area contributed by atoms with Crippen LogP contribution >= 0.6 is 11.3 Å². The van der Waals surface area contributed by atoms with Gasteiger partial charge in [0.1, 0.15) is 11.2 Å². The molecule has 0 fully saturated rings. The van der Waals surface area contributed by atoms with E-state index in [9.17, 15) is 0 Å². The number of aryl methyl sites for hydroxylation is 1. The van der Waals surface area contributed by atoms with Crippen LogP contribution in [0, 0.1) is 6.92 Å². The Hall–Kier alpha value is -6.37. The molecule has 4 heterocycles. The molecule has 10 rings (SSSR count). The van der Waals surface area contributed by atoms with E-state index in [0.717, 1.165) is 49.0 Å². The molecule has 0 bridgehead atoms. The summed E-state index contributed by atoms with van der Waals surface area (Å²) in [5.74, 6) is 1.83. The fourth-order valence-corrected chi connectivity index (χ4v) is 8.66. The quantitative estimate of drug-likeness (QED) is 0.182. The summed E-state index contributed by atoms with van der Waals surface area (Å²) in [7, 11) is 0. The molecule has 51 heavy (non-hydrogen) atoms. The van der Waals surface area contributed by atoms with Gasteiger partial charge in [-0.15, -0.1) is 11.3 Å². The van der Waals surface area contributed by atoms with E-state index in [1.54, 1.807) is 11.3 Å². The highest BCUT2D eigenvalue weighted by atomic mass is 32.1. The Morgan fingerprint density at radius 1 is 0.608 bits per heavy atom. The summed E-state index contributed by atoms with van der Waals surface area (Å²) >= 11 is 1.78. The zero-order valence-electron chi connectivity index (χ0n) is 28.0. The van der Waals surface area contributed by atoms with Gasteiger partial charge in [0.2, 0.25) is 0 Å². The van der Waals surface area contributed by atoms with Crippen molar-refractivity contribution in [2.24, 2.45) is 0 Å². The van der Waals surface area contributed by atoms with Crippen molar-refractivity contribution < 1.29 is 4.42 Å². The molecule has 0 saturated carbocycles. The molecule has 0 aliphatic rings. The lowest BCUT2D eigenvalue weighted by molar-refractivity contribution is 0.669. The third kappa shape index (κ3) is 4.64. The summed E-state index contributed by atoms with van der Waals surface area (Å²) < 4.78 is 11.2. The highest BCUT2D eigenvalue weighted by Gasteiger charge is 2.20. The fraction of sp³-hybridized carbons (Fsp3) is 0.0444. The van der Waals surface area contributed by atoms with Crippen LogP contribution in [0.3, 0.4) is 0 Å². The first-order valence-corrected chi connectivity index (χ1v) is 17.9. The molecular weight excluding hydrogens is 645 g/mol. The average molecular weight is 675 g/mol. The third-order valence-corrected chi connectivity index (χ3v) is 11.0. The summed E-state index contributed by atoms with van der Waals surface area (Å²) in [6.45, 7) is 4.28. The van der Waals surface area contributed by atoms with Crippen LogP contribution in [0.5, 0.6) is 0 Å². The molecule has 0 aliphatic heterocycles. The molecule has 6 heteroatoms. The molecule has 0 saturated heterocycles.